The molecule has 0 bridgehead atoms. The summed E-state index contributed by atoms with van der Waals surface area (Å²) in [6.07, 6.45) is 0. The summed E-state index contributed by atoms with van der Waals surface area (Å²) in [6.45, 7) is 0. The van der Waals surface area contributed by atoms with E-state index in [-0.39, 0.29) is 5.91 Å². The van der Waals surface area contributed by atoms with Gasteiger partial charge in [-0.15, -0.1) is 22.0 Å². The summed E-state index contributed by atoms with van der Waals surface area (Å²) >= 11 is 8.03. The fourth-order valence-electron chi connectivity index (χ4n) is 2.04. The van der Waals surface area contributed by atoms with Crippen molar-refractivity contribution in [3.05, 3.63) is 70.2 Å². The second kappa shape index (κ2) is 10.1. The number of thioether (sulfide) groups is 2. The number of benzene rings is 2. The molecule has 0 saturated heterocycles. The lowest BCUT2D eigenvalue weighted by Gasteiger charge is -2.02. The van der Waals surface area contributed by atoms with Gasteiger partial charge in [0.25, 0.3) is 0 Å². The molecule has 2 aromatic carbocycles. The second-order valence-electron chi connectivity index (χ2n) is 5.31. The van der Waals surface area contributed by atoms with E-state index in [1.54, 1.807) is 23.5 Å². The summed E-state index contributed by atoms with van der Waals surface area (Å²) < 4.78 is 1.91. The van der Waals surface area contributed by atoms with E-state index in [0.717, 1.165) is 20.3 Å². The van der Waals surface area contributed by atoms with Gasteiger partial charge in [-0.25, -0.2) is 0 Å². The molecule has 0 unspecified atom stereocenters. The number of halogens is 1. The number of hydrogen-bond donors (Lipinski definition) is 1. The molecule has 1 N–H and O–H groups in total. The SMILES string of the molecule is O=C(CSCc1ccccc1)Nc1nnc(SCc2ccc(Br)cc2)s1. The second-order valence-corrected chi connectivity index (χ2v) is 9.42. The normalized spacial score (nSPS) is 10.7. The maximum Gasteiger partial charge on any atom is 0.236 e. The molecule has 3 aromatic rings. The van der Waals surface area contributed by atoms with Crippen LogP contribution >= 0.6 is 50.8 Å². The average Bonchev–Trinajstić information content (AvgIpc) is 3.09. The molecule has 1 aromatic heterocycles. The Morgan fingerprint density at radius 3 is 2.50 bits per heavy atom. The fraction of sp³-hybridized carbons (Fsp3) is 0.167. The molecule has 1 amide bonds. The van der Waals surface area contributed by atoms with Crippen molar-refractivity contribution in [2.24, 2.45) is 0 Å². The quantitative estimate of drug-likeness (QED) is 0.353. The Hall–Kier alpha value is -1.35. The predicted molar refractivity (Wildman–Crippen MR) is 115 cm³/mol. The number of nitrogens with zero attached hydrogens (tertiary/aromatic N) is 2. The van der Waals surface area contributed by atoms with E-state index in [4.69, 9.17) is 0 Å². The van der Waals surface area contributed by atoms with E-state index >= 15 is 0 Å². The van der Waals surface area contributed by atoms with Crippen molar-refractivity contribution in [1.82, 2.24) is 10.2 Å². The van der Waals surface area contributed by atoms with Crippen LogP contribution in [0.5, 0.6) is 0 Å². The van der Waals surface area contributed by atoms with Crippen molar-refractivity contribution >= 4 is 61.8 Å². The first-order valence-electron chi connectivity index (χ1n) is 7.81. The summed E-state index contributed by atoms with van der Waals surface area (Å²) in [5.41, 5.74) is 2.43. The molecule has 0 atom stereocenters. The third-order valence-corrected chi connectivity index (χ3v) is 6.85. The number of hydrogen-bond acceptors (Lipinski definition) is 6. The van der Waals surface area contributed by atoms with Gasteiger partial charge >= 0.3 is 0 Å². The van der Waals surface area contributed by atoms with Gasteiger partial charge in [-0.1, -0.05) is 81.5 Å². The van der Waals surface area contributed by atoms with E-state index in [1.807, 2.05) is 30.3 Å². The van der Waals surface area contributed by atoms with Gasteiger partial charge in [-0.05, 0) is 23.3 Å². The maximum absolute atomic E-state index is 12.0. The summed E-state index contributed by atoms with van der Waals surface area (Å²) in [4.78, 5) is 12.0. The number of aromatic nitrogens is 2. The zero-order valence-electron chi connectivity index (χ0n) is 13.7. The molecule has 3 rings (SSSR count). The summed E-state index contributed by atoms with van der Waals surface area (Å²) in [5.74, 6) is 1.99. The van der Waals surface area contributed by atoms with Crippen LogP contribution < -0.4 is 5.32 Å². The zero-order chi connectivity index (χ0) is 18.2. The smallest absolute Gasteiger partial charge is 0.236 e. The van der Waals surface area contributed by atoms with Crippen molar-refractivity contribution in [2.45, 2.75) is 15.8 Å². The summed E-state index contributed by atoms with van der Waals surface area (Å²) in [6, 6.07) is 18.3. The van der Waals surface area contributed by atoms with Crippen LogP contribution in [0.25, 0.3) is 0 Å². The Morgan fingerprint density at radius 1 is 1.00 bits per heavy atom. The van der Waals surface area contributed by atoms with Crippen LogP contribution in [-0.4, -0.2) is 21.9 Å². The molecule has 0 aliphatic heterocycles. The lowest BCUT2D eigenvalue weighted by Crippen LogP contribution is -2.13. The van der Waals surface area contributed by atoms with E-state index in [1.165, 1.54) is 22.5 Å². The third kappa shape index (κ3) is 6.42. The van der Waals surface area contributed by atoms with Gasteiger partial charge in [0.2, 0.25) is 11.0 Å². The van der Waals surface area contributed by atoms with Gasteiger partial charge in [0.1, 0.15) is 0 Å². The predicted octanol–water partition coefficient (Wildman–Crippen LogP) is 5.46. The highest BCUT2D eigenvalue weighted by molar-refractivity contribution is 9.10. The maximum atomic E-state index is 12.0. The van der Waals surface area contributed by atoms with Gasteiger partial charge in [-0.2, -0.15) is 0 Å². The van der Waals surface area contributed by atoms with Gasteiger partial charge in [0.15, 0.2) is 4.34 Å². The molecular formula is C18H16BrN3OS3. The number of carbonyl (C=O) groups is 1. The minimum absolute atomic E-state index is 0.0495. The monoisotopic (exact) mass is 465 g/mol. The molecule has 4 nitrogen and oxygen atoms in total. The van der Waals surface area contributed by atoms with E-state index in [9.17, 15) is 4.79 Å². The number of amides is 1. The highest BCUT2D eigenvalue weighted by atomic mass is 79.9. The molecule has 0 radical (unpaired) electrons. The molecule has 0 aliphatic rings. The number of carbonyl (C=O) groups excluding carboxylic acids is 1. The lowest BCUT2D eigenvalue weighted by molar-refractivity contribution is -0.113. The number of nitrogens with one attached hydrogen (secondary N) is 1. The van der Waals surface area contributed by atoms with Crippen LogP contribution in [0.3, 0.4) is 0 Å². The Balaban J connectivity index is 1.41. The highest BCUT2D eigenvalue weighted by Crippen LogP contribution is 2.28. The molecule has 0 fully saturated rings. The molecule has 0 saturated carbocycles. The Kier molecular flexibility index (Phi) is 7.55. The van der Waals surface area contributed by atoms with Crippen LogP contribution in [0.4, 0.5) is 5.13 Å². The van der Waals surface area contributed by atoms with E-state index in [0.29, 0.717) is 10.9 Å². The van der Waals surface area contributed by atoms with Gasteiger partial charge in [0.05, 0.1) is 5.75 Å². The van der Waals surface area contributed by atoms with Gasteiger partial charge in [-0.3, -0.25) is 10.1 Å². The van der Waals surface area contributed by atoms with Crippen molar-refractivity contribution < 1.29 is 4.79 Å². The number of anilines is 1. The fourth-order valence-corrected chi connectivity index (χ4v) is 4.81. The first kappa shape index (κ1) is 19.4. The molecular weight excluding hydrogens is 450 g/mol. The molecule has 1 heterocycles. The van der Waals surface area contributed by atoms with Crippen molar-refractivity contribution in [1.29, 1.82) is 0 Å². The highest BCUT2D eigenvalue weighted by Gasteiger charge is 2.09. The molecule has 26 heavy (non-hydrogen) atoms. The van der Waals surface area contributed by atoms with Crippen molar-refractivity contribution in [3.63, 3.8) is 0 Å². The zero-order valence-corrected chi connectivity index (χ0v) is 17.8. The standard InChI is InChI=1S/C18H16BrN3OS3/c19-15-8-6-14(7-9-15)11-25-18-22-21-17(26-18)20-16(23)12-24-10-13-4-2-1-3-5-13/h1-9H,10-12H2,(H,20,21,23). The third-order valence-electron chi connectivity index (χ3n) is 3.27. The molecule has 134 valence electrons. The van der Waals surface area contributed by atoms with E-state index < -0.39 is 0 Å². The molecule has 0 aliphatic carbocycles. The Labute approximate surface area is 173 Å². The van der Waals surface area contributed by atoms with Crippen LogP contribution in [0, 0.1) is 0 Å². The van der Waals surface area contributed by atoms with Crippen LogP contribution in [-0.2, 0) is 16.3 Å². The average molecular weight is 466 g/mol. The van der Waals surface area contributed by atoms with Crippen LogP contribution in [0.2, 0.25) is 0 Å². The summed E-state index contributed by atoms with van der Waals surface area (Å²) in [7, 11) is 0. The van der Waals surface area contributed by atoms with Gasteiger partial charge in [0, 0.05) is 16.0 Å². The van der Waals surface area contributed by atoms with Crippen LogP contribution in [0.15, 0.2) is 63.4 Å². The molecule has 0 spiro atoms. The van der Waals surface area contributed by atoms with Crippen LogP contribution in [0.1, 0.15) is 11.1 Å². The Morgan fingerprint density at radius 2 is 1.73 bits per heavy atom. The molecule has 8 heteroatoms. The van der Waals surface area contributed by atoms with Crippen molar-refractivity contribution in [3.8, 4) is 0 Å². The Bertz CT molecular complexity index is 840. The largest absolute Gasteiger partial charge is 0.300 e. The topological polar surface area (TPSA) is 54.9 Å². The minimum atomic E-state index is -0.0495. The van der Waals surface area contributed by atoms with E-state index in [2.05, 4.69) is 55.7 Å². The first-order chi connectivity index (χ1) is 12.7. The minimum Gasteiger partial charge on any atom is -0.300 e. The summed E-state index contributed by atoms with van der Waals surface area (Å²) in [5, 5.41) is 11.5. The van der Waals surface area contributed by atoms with Gasteiger partial charge < -0.3 is 0 Å². The lowest BCUT2D eigenvalue weighted by atomic mass is 10.2. The first-order valence-corrected chi connectivity index (χ1v) is 11.6. The van der Waals surface area contributed by atoms with Crippen molar-refractivity contribution in [2.75, 3.05) is 11.1 Å². The number of rotatable bonds is 8.